The van der Waals surface area contributed by atoms with Gasteiger partial charge in [-0.3, -0.25) is 4.79 Å². The number of methoxy groups -OCH3 is 1. The molecule has 0 fully saturated rings. The molecule has 1 amide bonds. The maximum atomic E-state index is 12.2. The highest BCUT2D eigenvalue weighted by Gasteiger charge is 2.13. The molecule has 0 aromatic heterocycles. The molecule has 0 aliphatic rings. The van der Waals surface area contributed by atoms with Crippen molar-refractivity contribution < 1.29 is 14.3 Å². The summed E-state index contributed by atoms with van der Waals surface area (Å²) in [6, 6.07) is 16.1. The van der Waals surface area contributed by atoms with E-state index >= 15 is 0 Å². The fourth-order valence-electron chi connectivity index (χ4n) is 2.76. The molecule has 160 valence electrons. The molecule has 31 heavy (non-hydrogen) atoms. The van der Waals surface area contributed by atoms with Crippen LogP contribution in [0.3, 0.4) is 0 Å². The average molecular weight is 522 g/mol. The van der Waals surface area contributed by atoms with Crippen LogP contribution in [0.5, 0.6) is 11.5 Å². The molecule has 8 heteroatoms. The zero-order valence-corrected chi connectivity index (χ0v) is 19.9. The Hall–Kier alpha value is -2.54. The maximum absolute atomic E-state index is 12.2. The van der Waals surface area contributed by atoms with E-state index < -0.39 is 0 Å². The van der Waals surface area contributed by atoms with Crippen LogP contribution < -0.4 is 14.9 Å². The van der Waals surface area contributed by atoms with E-state index in [4.69, 9.17) is 32.7 Å². The van der Waals surface area contributed by atoms with Crippen LogP contribution in [0, 0.1) is 6.92 Å². The SMILES string of the molecule is COc1cc(/C=N/NC(=O)c2cccc(C)c2)cc(Br)c1OCc1ccc(Cl)cc1Cl. The minimum atomic E-state index is -0.286. The number of carbonyl (C=O) groups excluding carboxylic acids is 1. The Morgan fingerprint density at radius 3 is 2.68 bits per heavy atom. The van der Waals surface area contributed by atoms with Gasteiger partial charge in [0, 0.05) is 21.2 Å². The topological polar surface area (TPSA) is 59.9 Å². The van der Waals surface area contributed by atoms with Crippen LogP contribution >= 0.6 is 39.1 Å². The summed E-state index contributed by atoms with van der Waals surface area (Å²) in [6.07, 6.45) is 1.53. The van der Waals surface area contributed by atoms with Crippen LogP contribution in [0.15, 0.2) is 64.2 Å². The van der Waals surface area contributed by atoms with E-state index in [1.54, 1.807) is 37.4 Å². The lowest BCUT2D eigenvalue weighted by Crippen LogP contribution is -2.17. The molecule has 3 rings (SSSR count). The quantitative estimate of drug-likeness (QED) is 0.288. The van der Waals surface area contributed by atoms with Crippen LogP contribution in [0.25, 0.3) is 0 Å². The Morgan fingerprint density at radius 2 is 1.97 bits per heavy atom. The Kier molecular flexibility index (Phi) is 7.96. The first-order chi connectivity index (χ1) is 14.9. The predicted molar refractivity (Wildman–Crippen MR) is 128 cm³/mol. The van der Waals surface area contributed by atoms with Crippen molar-refractivity contribution in [2.24, 2.45) is 5.10 Å². The number of hydrogen-bond donors (Lipinski definition) is 1. The number of carbonyl (C=O) groups is 1. The van der Waals surface area contributed by atoms with Crippen molar-refractivity contribution >= 4 is 51.3 Å². The summed E-state index contributed by atoms with van der Waals surface area (Å²) in [5, 5.41) is 5.12. The number of hydrazone groups is 1. The summed E-state index contributed by atoms with van der Waals surface area (Å²) >= 11 is 15.6. The van der Waals surface area contributed by atoms with E-state index in [1.165, 1.54) is 6.21 Å². The first-order valence-electron chi connectivity index (χ1n) is 9.21. The molecule has 3 aromatic rings. The van der Waals surface area contributed by atoms with Gasteiger partial charge >= 0.3 is 0 Å². The van der Waals surface area contributed by atoms with Crippen LogP contribution in [-0.2, 0) is 6.61 Å². The van der Waals surface area contributed by atoms with Gasteiger partial charge in [0.1, 0.15) is 6.61 Å². The number of rotatable bonds is 7. The van der Waals surface area contributed by atoms with Gasteiger partial charge in [-0.1, -0.05) is 47.0 Å². The zero-order chi connectivity index (χ0) is 22.4. The largest absolute Gasteiger partial charge is 0.493 e. The van der Waals surface area contributed by atoms with Crippen molar-refractivity contribution in [3.8, 4) is 11.5 Å². The molecule has 1 N–H and O–H groups in total. The molecular weight excluding hydrogens is 503 g/mol. The Bertz CT molecular complexity index is 1140. The second kappa shape index (κ2) is 10.7. The summed E-state index contributed by atoms with van der Waals surface area (Å²) in [6.45, 7) is 2.17. The summed E-state index contributed by atoms with van der Waals surface area (Å²) in [7, 11) is 1.55. The fourth-order valence-corrected chi connectivity index (χ4v) is 3.80. The van der Waals surface area contributed by atoms with Crippen LogP contribution in [-0.4, -0.2) is 19.2 Å². The normalized spacial score (nSPS) is 10.9. The number of halogens is 3. The smallest absolute Gasteiger partial charge is 0.271 e. The van der Waals surface area contributed by atoms with Crippen molar-refractivity contribution in [3.05, 3.63) is 91.4 Å². The number of nitrogens with zero attached hydrogens (tertiary/aromatic N) is 1. The molecule has 0 bridgehead atoms. The van der Waals surface area contributed by atoms with Crippen molar-refractivity contribution in [2.45, 2.75) is 13.5 Å². The van der Waals surface area contributed by atoms with E-state index in [1.807, 2.05) is 31.2 Å². The third kappa shape index (κ3) is 6.23. The van der Waals surface area contributed by atoms with Gasteiger partial charge in [-0.15, -0.1) is 0 Å². The highest BCUT2D eigenvalue weighted by atomic mass is 79.9. The highest BCUT2D eigenvalue weighted by molar-refractivity contribution is 9.10. The standard InChI is InChI=1S/C23H19BrCl2N2O3/c1-14-4-3-5-16(8-14)23(29)28-27-12-15-9-19(24)22(21(10-15)30-2)31-13-17-6-7-18(25)11-20(17)26/h3-12H,13H2,1-2H3,(H,28,29)/b27-12+. The summed E-state index contributed by atoms with van der Waals surface area (Å²) in [5.74, 6) is 0.742. The summed E-state index contributed by atoms with van der Waals surface area (Å²) in [5.41, 5.74) is 5.57. The Morgan fingerprint density at radius 1 is 1.16 bits per heavy atom. The van der Waals surface area contributed by atoms with E-state index in [0.717, 1.165) is 11.1 Å². The lowest BCUT2D eigenvalue weighted by Gasteiger charge is -2.14. The number of nitrogens with one attached hydrogen (secondary N) is 1. The summed E-state index contributed by atoms with van der Waals surface area (Å²) in [4.78, 5) is 12.2. The van der Waals surface area contributed by atoms with E-state index in [2.05, 4.69) is 26.5 Å². The van der Waals surface area contributed by atoms with Crippen molar-refractivity contribution in [1.29, 1.82) is 0 Å². The third-order valence-electron chi connectivity index (χ3n) is 4.30. The molecule has 0 aliphatic carbocycles. The second-order valence-corrected chi connectivity index (χ2v) is 8.33. The summed E-state index contributed by atoms with van der Waals surface area (Å²) < 4.78 is 12.0. The van der Waals surface area contributed by atoms with E-state index in [0.29, 0.717) is 37.1 Å². The molecule has 0 spiro atoms. The molecule has 0 aliphatic heterocycles. The van der Waals surface area contributed by atoms with E-state index in [9.17, 15) is 4.79 Å². The van der Waals surface area contributed by atoms with Crippen LogP contribution in [0.1, 0.15) is 27.0 Å². The van der Waals surface area contributed by atoms with Crippen molar-refractivity contribution in [2.75, 3.05) is 7.11 Å². The van der Waals surface area contributed by atoms with Gasteiger partial charge in [0.15, 0.2) is 11.5 Å². The lowest BCUT2D eigenvalue weighted by molar-refractivity contribution is 0.0955. The van der Waals surface area contributed by atoms with Gasteiger partial charge in [-0.25, -0.2) is 5.43 Å². The van der Waals surface area contributed by atoms with Crippen molar-refractivity contribution in [1.82, 2.24) is 5.43 Å². The van der Waals surface area contributed by atoms with Gasteiger partial charge in [-0.2, -0.15) is 5.10 Å². The van der Waals surface area contributed by atoms with E-state index in [-0.39, 0.29) is 12.5 Å². The molecule has 0 saturated heterocycles. The van der Waals surface area contributed by atoms with Crippen LogP contribution in [0.4, 0.5) is 0 Å². The number of amides is 1. The maximum Gasteiger partial charge on any atom is 0.271 e. The monoisotopic (exact) mass is 520 g/mol. The number of aryl methyl sites for hydroxylation is 1. The lowest BCUT2D eigenvalue weighted by atomic mass is 10.1. The number of hydrogen-bond acceptors (Lipinski definition) is 4. The number of benzene rings is 3. The minimum absolute atomic E-state index is 0.241. The molecule has 0 radical (unpaired) electrons. The van der Waals surface area contributed by atoms with Gasteiger partial charge in [0.25, 0.3) is 5.91 Å². The van der Waals surface area contributed by atoms with Gasteiger partial charge in [0.05, 0.1) is 17.8 Å². The Balaban J connectivity index is 1.71. The Labute approximate surface area is 199 Å². The van der Waals surface area contributed by atoms with Gasteiger partial charge in [0.2, 0.25) is 0 Å². The molecule has 0 saturated carbocycles. The van der Waals surface area contributed by atoms with Gasteiger partial charge in [-0.05, 0) is 64.8 Å². The van der Waals surface area contributed by atoms with Crippen molar-refractivity contribution in [3.63, 3.8) is 0 Å². The highest BCUT2D eigenvalue weighted by Crippen LogP contribution is 2.37. The number of ether oxygens (including phenoxy) is 2. The van der Waals surface area contributed by atoms with Crippen LogP contribution in [0.2, 0.25) is 10.0 Å². The average Bonchev–Trinajstić information content (AvgIpc) is 2.73. The second-order valence-electron chi connectivity index (χ2n) is 6.63. The first kappa shape index (κ1) is 23.1. The molecule has 0 atom stereocenters. The predicted octanol–water partition coefficient (Wildman–Crippen LogP) is 6.42. The third-order valence-corrected chi connectivity index (χ3v) is 5.47. The molecular formula is C23H19BrCl2N2O3. The molecule has 0 unspecified atom stereocenters. The molecule has 5 nitrogen and oxygen atoms in total. The fraction of sp³-hybridized carbons (Fsp3) is 0.130. The first-order valence-corrected chi connectivity index (χ1v) is 10.8. The molecule has 0 heterocycles. The van der Waals surface area contributed by atoms with Gasteiger partial charge < -0.3 is 9.47 Å². The zero-order valence-electron chi connectivity index (χ0n) is 16.8. The molecule has 3 aromatic carbocycles. The minimum Gasteiger partial charge on any atom is -0.493 e.